The number of nitrogens with zero attached hydrogens (tertiary/aromatic N) is 4. The van der Waals surface area contributed by atoms with Crippen LogP contribution in [0.5, 0.6) is 0 Å². The first-order valence-corrected chi connectivity index (χ1v) is 7.12. The summed E-state index contributed by atoms with van der Waals surface area (Å²) in [5.74, 6) is 1.79. The molecule has 0 aromatic carbocycles. The van der Waals surface area contributed by atoms with Gasteiger partial charge >= 0.3 is 0 Å². The summed E-state index contributed by atoms with van der Waals surface area (Å²) < 4.78 is 0.851. The summed E-state index contributed by atoms with van der Waals surface area (Å²) >= 11 is 3.43. The highest BCUT2D eigenvalue weighted by atomic mass is 79.9. The van der Waals surface area contributed by atoms with Crippen LogP contribution in [0.25, 0.3) is 0 Å². The monoisotopic (exact) mass is 312 g/mol. The predicted molar refractivity (Wildman–Crippen MR) is 78.0 cm³/mol. The quantitative estimate of drug-likeness (QED) is 0.800. The third kappa shape index (κ3) is 2.67. The summed E-state index contributed by atoms with van der Waals surface area (Å²) in [6.45, 7) is 2.94. The second-order valence-corrected chi connectivity index (χ2v) is 6.24. The maximum Gasteiger partial charge on any atom is 0.133 e. The fourth-order valence-electron chi connectivity index (χ4n) is 2.57. The maximum atomic E-state index is 4.50. The Morgan fingerprint density at radius 3 is 2.39 bits per heavy atom. The van der Waals surface area contributed by atoms with Gasteiger partial charge in [-0.25, -0.2) is 9.97 Å². The van der Waals surface area contributed by atoms with Crippen LogP contribution in [0.15, 0.2) is 10.7 Å². The summed E-state index contributed by atoms with van der Waals surface area (Å²) in [5, 5.41) is 0. The second kappa shape index (κ2) is 5.13. The fraction of sp³-hybridized carbons (Fsp3) is 0.692. The highest BCUT2D eigenvalue weighted by Gasteiger charge is 2.40. The van der Waals surface area contributed by atoms with E-state index in [9.17, 15) is 0 Å². The van der Waals surface area contributed by atoms with E-state index >= 15 is 0 Å². The van der Waals surface area contributed by atoms with E-state index in [1.165, 1.54) is 19.3 Å². The molecule has 18 heavy (non-hydrogen) atoms. The van der Waals surface area contributed by atoms with Gasteiger partial charge in [-0.05, 0) is 56.2 Å². The lowest BCUT2D eigenvalue weighted by Gasteiger charge is -2.49. The Morgan fingerprint density at radius 2 is 1.94 bits per heavy atom. The summed E-state index contributed by atoms with van der Waals surface area (Å²) in [4.78, 5) is 13.3. The van der Waals surface area contributed by atoms with Crippen molar-refractivity contribution in [1.82, 2.24) is 14.9 Å². The third-order valence-electron chi connectivity index (χ3n) is 3.95. The molecule has 0 spiro atoms. The molecule has 1 aliphatic carbocycles. The van der Waals surface area contributed by atoms with E-state index in [1.54, 1.807) is 0 Å². The molecule has 0 aliphatic heterocycles. The zero-order chi connectivity index (χ0) is 13.3. The zero-order valence-corrected chi connectivity index (χ0v) is 13.2. The van der Waals surface area contributed by atoms with E-state index in [0.29, 0.717) is 5.54 Å². The SMILES string of the molecule is Cc1nc(Br)cc(N(C)CC2(N(C)C)CCC2)n1. The molecule has 1 fully saturated rings. The molecule has 1 aromatic heterocycles. The number of hydrogen-bond acceptors (Lipinski definition) is 4. The van der Waals surface area contributed by atoms with Gasteiger partial charge in [0.25, 0.3) is 0 Å². The van der Waals surface area contributed by atoms with Crippen molar-refractivity contribution in [3.05, 3.63) is 16.5 Å². The average Bonchev–Trinajstić information content (AvgIpc) is 2.21. The van der Waals surface area contributed by atoms with Crippen molar-refractivity contribution < 1.29 is 0 Å². The van der Waals surface area contributed by atoms with Crippen LogP contribution in [0.3, 0.4) is 0 Å². The van der Waals surface area contributed by atoms with Crippen molar-refractivity contribution in [3.63, 3.8) is 0 Å². The molecular weight excluding hydrogens is 292 g/mol. The van der Waals surface area contributed by atoms with Crippen LogP contribution < -0.4 is 4.90 Å². The Bertz CT molecular complexity index is 409. The van der Waals surface area contributed by atoms with E-state index in [4.69, 9.17) is 0 Å². The van der Waals surface area contributed by atoms with Crippen LogP contribution in [0.4, 0.5) is 5.82 Å². The first-order chi connectivity index (χ1) is 8.43. The van der Waals surface area contributed by atoms with Crippen molar-refractivity contribution in [2.75, 3.05) is 32.6 Å². The molecule has 0 amide bonds. The summed E-state index contributed by atoms with van der Waals surface area (Å²) in [7, 11) is 6.46. The molecule has 0 atom stereocenters. The second-order valence-electron chi connectivity index (χ2n) is 5.42. The van der Waals surface area contributed by atoms with Crippen LogP contribution in [0.2, 0.25) is 0 Å². The van der Waals surface area contributed by atoms with Gasteiger partial charge in [-0.15, -0.1) is 0 Å². The van der Waals surface area contributed by atoms with Gasteiger partial charge in [-0.3, -0.25) is 0 Å². The summed E-state index contributed by atoms with van der Waals surface area (Å²) in [6.07, 6.45) is 3.88. The number of halogens is 1. The van der Waals surface area contributed by atoms with Crippen molar-refractivity contribution >= 4 is 21.7 Å². The number of rotatable bonds is 4. The molecule has 2 rings (SSSR count). The van der Waals surface area contributed by atoms with E-state index in [-0.39, 0.29) is 0 Å². The van der Waals surface area contributed by atoms with Gasteiger partial charge in [0.05, 0.1) is 0 Å². The topological polar surface area (TPSA) is 32.3 Å². The van der Waals surface area contributed by atoms with Gasteiger partial charge in [0, 0.05) is 25.2 Å². The molecule has 5 heteroatoms. The number of aryl methyl sites for hydroxylation is 1. The lowest BCUT2D eigenvalue weighted by molar-refractivity contribution is 0.0681. The Labute approximate surface area is 118 Å². The molecule has 100 valence electrons. The van der Waals surface area contributed by atoms with Crippen LogP contribution in [0, 0.1) is 6.92 Å². The molecule has 4 nitrogen and oxygen atoms in total. The van der Waals surface area contributed by atoms with Crippen LogP contribution >= 0.6 is 15.9 Å². The molecule has 0 unspecified atom stereocenters. The molecule has 0 saturated heterocycles. The molecule has 0 radical (unpaired) electrons. The van der Waals surface area contributed by atoms with E-state index < -0.39 is 0 Å². The number of likely N-dealkylation sites (N-methyl/N-ethyl adjacent to an activating group) is 2. The van der Waals surface area contributed by atoms with E-state index in [0.717, 1.165) is 22.8 Å². The predicted octanol–water partition coefficient (Wildman–Crippen LogP) is 2.47. The van der Waals surface area contributed by atoms with E-state index in [1.807, 2.05) is 13.0 Å². The minimum atomic E-state index is 0.320. The van der Waals surface area contributed by atoms with Gasteiger partial charge < -0.3 is 9.80 Å². The Balaban J connectivity index is 2.14. The lowest BCUT2D eigenvalue weighted by Crippen LogP contribution is -2.56. The van der Waals surface area contributed by atoms with Gasteiger partial charge in [0.15, 0.2) is 0 Å². The Morgan fingerprint density at radius 1 is 1.28 bits per heavy atom. The first-order valence-electron chi connectivity index (χ1n) is 6.33. The zero-order valence-electron chi connectivity index (χ0n) is 11.6. The van der Waals surface area contributed by atoms with Crippen LogP contribution in [0.1, 0.15) is 25.1 Å². The summed E-state index contributed by atoms with van der Waals surface area (Å²) in [5.41, 5.74) is 0.320. The van der Waals surface area contributed by atoms with Gasteiger partial charge in [-0.1, -0.05) is 0 Å². The highest BCUT2D eigenvalue weighted by molar-refractivity contribution is 9.10. The van der Waals surface area contributed by atoms with Crippen LogP contribution in [-0.4, -0.2) is 48.1 Å². The van der Waals surface area contributed by atoms with Gasteiger partial charge in [0.1, 0.15) is 16.2 Å². The highest BCUT2D eigenvalue weighted by Crippen LogP contribution is 2.37. The van der Waals surface area contributed by atoms with E-state index in [2.05, 4.69) is 56.8 Å². The Kier molecular flexibility index (Phi) is 3.92. The molecule has 1 aliphatic rings. The Hall–Kier alpha value is -0.680. The normalized spacial score (nSPS) is 17.7. The molecular formula is C13H21BrN4. The van der Waals surface area contributed by atoms with Crippen molar-refractivity contribution in [2.24, 2.45) is 0 Å². The molecule has 0 bridgehead atoms. The molecule has 1 saturated carbocycles. The number of hydrogen-bond donors (Lipinski definition) is 0. The molecule has 1 aromatic rings. The maximum absolute atomic E-state index is 4.50. The number of anilines is 1. The van der Waals surface area contributed by atoms with Crippen molar-refractivity contribution in [3.8, 4) is 0 Å². The van der Waals surface area contributed by atoms with Crippen molar-refractivity contribution in [1.29, 1.82) is 0 Å². The standard InChI is InChI=1S/C13H21BrN4/c1-10-15-11(14)8-12(16-10)18(4)9-13(17(2)3)6-5-7-13/h8H,5-7,9H2,1-4H3. The minimum absolute atomic E-state index is 0.320. The molecule has 1 heterocycles. The van der Waals surface area contributed by atoms with Gasteiger partial charge in [0.2, 0.25) is 0 Å². The average molecular weight is 313 g/mol. The van der Waals surface area contributed by atoms with Crippen molar-refractivity contribution in [2.45, 2.75) is 31.7 Å². The van der Waals surface area contributed by atoms with Crippen LogP contribution in [-0.2, 0) is 0 Å². The summed E-state index contributed by atoms with van der Waals surface area (Å²) in [6, 6.07) is 1.98. The number of aromatic nitrogens is 2. The first kappa shape index (κ1) is 13.7. The third-order valence-corrected chi connectivity index (χ3v) is 4.35. The smallest absolute Gasteiger partial charge is 0.133 e. The largest absolute Gasteiger partial charge is 0.358 e. The van der Waals surface area contributed by atoms with Gasteiger partial charge in [-0.2, -0.15) is 0 Å². The lowest BCUT2D eigenvalue weighted by atomic mass is 9.75. The fourth-order valence-corrected chi connectivity index (χ4v) is 3.03. The molecule has 0 N–H and O–H groups in total. The minimum Gasteiger partial charge on any atom is -0.358 e.